The van der Waals surface area contributed by atoms with E-state index in [1.807, 2.05) is 20.8 Å². The second-order valence-electron chi connectivity index (χ2n) is 12.2. The maximum atomic E-state index is 13.0. The smallest absolute Gasteiger partial charge is 0.410 e. The highest BCUT2D eigenvalue weighted by Gasteiger charge is 2.40. The van der Waals surface area contributed by atoms with Crippen molar-refractivity contribution in [1.82, 2.24) is 15.1 Å². The third-order valence-electron chi connectivity index (χ3n) is 7.83. The minimum atomic E-state index is -0.721. The molecule has 2 heterocycles. The molecule has 4 N–H and O–H groups in total. The molecule has 1 unspecified atom stereocenters. The molecule has 4 rings (SSSR count). The van der Waals surface area contributed by atoms with E-state index >= 15 is 0 Å². The summed E-state index contributed by atoms with van der Waals surface area (Å²) in [7, 11) is 0. The molecule has 0 radical (unpaired) electrons. The molecule has 230 valence electrons. The second kappa shape index (κ2) is 13.6. The molecule has 12 heteroatoms. The van der Waals surface area contributed by atoms with Crippen LogP contribution < -0.4 is 16.4 Å². The monoisotopic (exact) mass is 585 g/mol. The van der Waals surface area contributed by atoms with Gasteiger partial charge in [0.15, 0.2) is 0 Å². The van der Waals surface area contributed by atoms with Crippen molar-refractivity contribution in [3.63, 3.8) is 0 Å². The predicted molar refractivity (Wildman–Crippen MR) is 154 cm³/mol. The molecule has 0 aromatic heterocycles. The summed E-state index contributed by atoms with van der Waals surface area (Å²) in [4.78, 5) is 65.7. The van der Waals surface area contributed by atoms with Gasteiger partial charge in [-0.3, -0.25) is 24.5 Å². The summed E-state index contributed by atoms with van der Waals surface area (Å²) in [6.07, 6.45) is 4.30. The van der Waals surface area contributed by atoms with Gasteiger partial charge in [-0.15, -0.1) is 0 Å². The Morgan fingerprint density at radius 2 is 1.83 bits per heavy atom. The lowest BCUT2D eigenvalue weighted by Gasteiger charge is -2.37. The van der Waals surface area contributed by atoms with E-state index in [9.17, 15) is 24.0 Å². The van der Waals surface area contributed by atoms with E-state index < -0.39 is 17.6 Å². The molecule has 1 aliphatic carbocycles. The number of benzene rings is 1. The maximum absolute atomic E-state index is 13.0. The Labute approximate surface area is 246 Å². The molecule has 2 aliphatic heterocycles. The zero-order valence-electron chi connectivity index (χ0n) is 24.8. The van der Waals surface area contributed by atoms with Crippen molar-refractivity contribution in [1.29, 1.82) is 0 Å². The van der Waals surface area contributed by atoms with Crippen LogP contribution in [0.2, 0.25) is 0 Å². The molecule has 1 aromatic rings. The summed E-state index contributed by atoms with van der Waals surface area (Å²) in [6.45, 7) is 6.81. The lowest BCUT2D eigenvalue weighted by Crippen LogP contribution is -2.52. The van der Waals surface area contributed by atoms with E-state index in [0.29, 0.717) is 36.4 Å². The van der Waals surface area contributed by atoms with Gasteiger partial charge in [-0.2, -0.15) is 0 Å². The first-order chi connectivity index (χ1) is 19.9. The fourth-order valence-corrected chi connectivity index (χ4v) is 5.68. The quantitative estimate of drug-likeness (QED) is 0.279. The number of imide groups is 1. The summed E-state index contributed by atoms with van der Waals surface area (Å²) < 4.78 is 11.3. The number of anilines is 1. The molecule has 1 aromatic carbocycles. The van der Waals surface area contributed by atoms with Gasteiger partial charge in [-0.1, -0.05) is 6.07 Å². The lowest BCUT2D eigenvalue weighted by atomic mass is 9.91. The Bertz CT molecular complexity index is 1190. The summed E-state index contributed by atoms with van der Waals surface area (Å²) in [5.41, 5.74) is 7.06. The molecule has 2 fully saturated rings. The van der Waals surface area contributed by atoms with Crippen molar-refractivity contribution in [2.75, 3.05) is 25.1 Å². The first kappa shape index (κ1) is 31.4. The fourth-order valence-electron chi connectivity index (χ4n) is 5.68. The molecular weight excluding hydrogens is 542 g/mol. The number of carbonyl (C=O) groups excluding carboxylic acids is 5. The van der Waals surface area contributed by atoms with Gasteiger partial charge in [0.25, 0.3) is 5.91 Å². The van der Waals surface area contributed by atoms with Crippen LogP contribution in [0.15, 0.2) is 18.2 Å². The summed E-state index contributed by atoms with van der Waals surface area (Å²) >= 11 is 0. The molecule has 1 saturated carbocycles. The number of ether oxygens (including phenoxy) is 2. The molecule has 0 spiro atoms. The highest BCUT2D eigenvalue weighted by atomic mass is 16.6. The average molecular weight is 586 g/mol. The Morgan fingerprint density at radius 1 is 1.10 bits per heavy atom. The van der Waals surface area contributed by atoms with Crippen LogP contribution in [0.3, 0.4) is 0 Å². The third-order valence-corrected chi connectivity index (χ3v) is 7.83. The number of carbonyl (C=O) groups is 5. The largest absolute Gasteiger partial charge is 0.444 e. The number of rotatable bonds is 10. The number of nitrogens with two attached hydrogens (primary N) is 1. The third kappa shape index (κ3) is 8.07. The minimum absolute atomic E-state index is 0.0934. The highest BCUT2D eigenvalue weighted by molar-refractivity contribution is 6.06. The molecule has 0 bridgehead atoms. The van der Waals surface area contributed by atoms with Gasteiger partial charge in [0.2, 0.25) is 17.7 Å². The van der Waals surface area contributed by atoms with Crippen LogP contribution >= 0.6 is 0 Å². The summed E-state index contributed by atoms with van der Waals surface area (Å²) in [6, 6.07) is 4.63. The van der Waals surface area contributed by atoms with Gasteiger partial charge in [-0.25, -0.2) is 4.79 Å². The maximum Gasteiger partial charge on any atom is 0.410 e. The van der Waals surface area contributed by atoms with Crippen molar-refractivity contribution < 1.29 is 33.4 Å². The number of nitrogens with zero attached hydrogens (tertiary/aromatic N) is 2. The second-order valence-corrected chi connectivity index (χ2v) is 12.2. The van der Waals surface area contributed by atoms with E-state index in [1.54, 1.807) is 23.1 Å². The standard InChI is InChI=1S/C30H43N5O7/c1-30(2,3)42-29(40)34(20-10-8-19(31)9-11-20)15-5-16-41-17-14-26(37)32-23-7-4-6-21-22(23)18-35(28(21)39)24-12-13-25(36)33-27(24)38/h4,6-7,19-20,24H,5,8-18,31H2,1-3H3,(H,32,37)(H,33,36,38)/t19-,20+,24?. The Hall–Kier alpha value is -3.51. The number of hydrogen-bond donors (Lipinski definition) is 3. The van der Waals surface area contributed by atoms with Crippen LogP contribution in [-0.4, -0.2) is 83.0 Å². The SMILES string of the molecule is CC(C)(C)OC(=O)N(CCCOCCC(=O)Nc1cccc2c1CN(C1CCC(=O)NC1=O)C2=O)[C@H]1CC[C@@H](N)CC1. The van der Waals surface area contributed by atoms with E-state index in [0.717, 1.165) is 25.7 Å². The van der Waals surface area contributed by atoms with Gasteiger partial charge in [-0.05, 0) is 71.4 Å². The van der Waals surface area contributed by atoms with E-state index in [1.165, 1.54) is 4.90 Å². The predicted octanol–water partition coefficient (Wildman–Crippen LogP) is 2.69. The number of fused-ring (bicyclic) bond motifs is 1. The van der Waals surface area contributed by atoms with Crippen molar-refractivity contribution in [2.24, 2.45) is 5.73 Å². The number of piperidine rings is 1. The van der Waals surface area contributed by atoms with Crippen LogP contribution in [-0.2, 0) is 30.4 Å². The fraction of sp³-hybridized carbons (Fsp3) is 0.633. The zero-order valence-corrected chi connectivity index (χ0v) is 24.8. The molecular formula is C30H43N5O7. The molecule has 3 aliphatic rings. The van der Waals surface area contributed by atoms with Crippen molar-refractivity contribution in [3.8, 4) is 0 Å². The van der Waals surface area contributed by atoms with Crippen molar-refractivity contribution in [3.05, 3.63) is 29.3 Å². The van der Waals surface area contributed by atoms with Crippen molar-refractivity contribution >= 4 is 35.4 Å². The van der Waals surface area contributed by atoms with Gasteiger partial charge >= 0.3 is 6.09 Å². The van der Waals surface area contributed by atoms with E-state index in [4.69, 9.17) is 15.2 Å². The highest BCUT2D eigenvalue weighted by Crippen LogP contribution is 2.32. The summed E-state index contributed by atoms with van der Waals surface area (Å²) in [5, 5.41) is 5.16. The number of amides is 5. The first-order valence-electron chi connectivity index (χ1n) is 14.8. The Kier molecular flexibility index (Phi) is 10.2. The molecule has 5 amide bonds. The Balaban J connectivity index is 1.23. The summed E-state index contributed by atoms with van der Waals surface area (Å²) in [5.74, 6) is -1.38. The van der Waals surface area contributed by atoms with Gasteiger partial charge in [0.1, 0.15) is 11.6 Å². The van der Waals surface area contributed by atoms with Crippen molar-refractivity contribution in [2.45, 2.75) is 102 Å². The van der Waals surface area contributed by atoms with E-state index in [2.05, 4.69) is 10.6 Å². The number of nitrogens with one attached hydrogen (secondary N) is 2. The molecule has 1 atom stereocenters. The lowest BCUT2D eigenvalue weighted by molar-refractivity contribution is -0.137. The van der Waals surface area contributed by atoms with Gasteiger partial charge in [0.05, 0.1) is 13.0 Å². The first-order valence-corrected chi connectivity index (χ1v) is 14.8. The van der Waals surface area contributed by atoms with Gasteiger partial charge in [0, 0.05) is 55.0 Å². The van der Waals surface area contributed by atoms with Crippen LogP contribution in [0.4, 0.5) is 10.5 Å². The topological polar surface area (TPSA) is 160 Å². The minimum Gasteiger partial charge on any atom is -0.444 e. The van der Waals surface area contributed by atoms with Crippen LogP contribution in [0.1, 0.15) is 88.1 Å². The molecule has 1 saturated heterocycles. The van der Waals surface area contributed by atoms with E-state index in [-0.39, 0.29) is 68.3 Å². The molecule has 42 heavy (non-hydrogen) atoms. The molecule has 12 nitrogen and oxygen atoms in total. The van der Waals surface area contributed by atoms with Crippen LogP contribution in [0.5, 0.6) is 0 Å². The Morgan fingerprint density at radius 3 is 2.52 bits per heavy atom. The van der Waals surface area contributed by atoms with Crippen LogP contribution in [0, 0.1) is 0 Å². The zero-order chi connectivity index (χ0) is 30.4. The normalized spacial score (nSPS) is 22.4. The van der Waals surface area contributed by atoms with Gasteiger partial charge < -0.3 is 30.3 Å². The number of hydrogen-bond acceptors (Lipinski definition) is 8. The average Bonchev–Trinajstić information content (AvgIpc) is 3.25. The van der Waals surface area contributed by atoms with Crippen LogP contribution in [0.25, 0.3) is 0 Å².